The van der Waals surface area contributed by atoms with Gasteiger partial charge in [0.15, 0.2) is 0 Å². The standard InChI is InChI=1S/C7H13/c1-5-7(4)6(2)3/h6-7H,5H2,2-4H3. The van der Waals surface area contributed by atoms with Gasteiger partial charge >= 0.3 is 0 Å². The van der Waals surface area contributed by atoms with E-state index >= 15 is 0 Å². The molecule has 0 aliphatic carbocycles. The van der Waals surface area contributed by atoms with Crippen molar-refractivity contribution in [3.05, 3.63) is 6.92 Å². The van der Waals surface area contributed by atoms with Gasteiger partial charge in [0.2, 0.25) is 0 Å². The van der Waals surface area contributed by atoms with Gasteiger partial charge in [0, 0.05) is 0 Å². The molecular weight excluding hydrogens is 84.1 g/mol. The molecule has 41 valence electrons. The third-order valence-electron chi connectivity index (χ3n) is 1.46. The van der Waals surface area contributed by atoms with Crippen molar-refractivity contribution >= 4 is 0 Å². The monoisotopic (exact) mass is 97.1 g/mol. The summed E-state index contributed by atoms with van der Waals surface area (Å²) in [4.78, 5) is 0. The van der Waals surface area contributed by atoms with E-state index in [-0.39, 0.29) is 0 Å². The summed E-state index contributed by atoms with van der Waals surface area (Å²) in [6.07, 6.45) is 0.567. The van der Waals surface area contributed by atoms with Crippen LogP contribution in [0.25, 0.3) is 0 Å². The van der Waals surface area contributed by atoms with Gasteiger partial charge in [0.05, 0.1) is 0 Å². The predicted molar refractivity (Wildman–Crippen MR) is 31.9 cm³/mol. The van der Waals surface area contributed by atoms with Crippen LogP contribution in [0, 0.1) is 18.8 Å². The van der Waals surface area contributed by atoms with Gasteiger partial charge in [-0.25, -0.2) is 0 Å². The lowest BCUT2D eigenvalue weighted by molar-refractivity contribution is 0.423. The van der Waals surface area contributed by atoms with E-state index in [4.69, 9.17) is 6.92 Å². The molecule has 0 fully saturated rings. The Bertz CT molecular complexity index is 37.3. The van der Waals surface area contributed by atoms with Crippen molar-refractivity contribution in [1.29, 1.82) is 0 Å². The topological polar surface area (TPSA) is 0 Å². The summed E-state index contributed by atoms with van der Waals surface area (Å²) in [5, 5.41) is 0. The number of hydrogen-bond acceptors (Lipinski definition) is 0. The zero-order valence-corrected chi connectivity index (χ0v) is 5.36. The number of hydrogen-bond donors (Lipinski definition) is 0. The second kappa shape index (κ2) is 3.06. The first kappa shape index (κ1) is 7.00. The molecule has 0 aromatic rings. The molecule has 1 atom stereocenters. The average molecular weight is 97.2 g/mol. The molecule has 0 aliphatic rings. The Morgan fingerprint density at radius 1 is 1.29 bits per heavy atom. The molecule has 0 spiro atoms. The van der Waals surface area contributed by atoms with E-state index in [9.17, 15) is 0 Å². The van der Waals surface area contributed by atoms with Gasteiger partial charge in [-0.1, -0.05) is 20.8 Å². The van der Waals surface area contributed by atoms with Gasteiger partial charge in [0.1, 0.15) is 0 Å². The molecular formula is C7H13. The second-order valence-corrected chi connectivity index (χ2v) is 2.43. The Morgan fingerprint density at radius 3 is 1.71 bits per heavy atom. The molecule has 3 radical (unpaired) electrons. The van der Waals surface area contributed by atoms with Crippen LogP contribution in [0.4, 0.5) is 0 Å². The Labute approximate surface area is 46.9 Å². The molecule has 0 aromatic heterocycles. The van der Waals surface area contributed by atoms with Crippen molar-refractivity contribution in [2.45, 2.75) is 27.2 Å². The fraction of sp³-hybridized carbons (Fsp3) is 0.857. The van der Waals surface area contributed by atoms with E-state index in [1.165, 1.54) is 0 Å². The fourth-order valence-corrected chi connectivity index (χ4v) is 0.236. The van der Waals surface area contributed by atoms with Gasteiger partial charge in [-0.15, -0.1) is 0 Å². The van der Waals surface area contributed by atoms with Gasteiger partial charge in [-0.3, -0.25) is 0 Å². The molecule has 0 N–H and O–H groups in total. The van der Waals surface area contributed by atoms with Crippen molar-refractivity contribution in [1.82, 2.24) is 0 Å². The van der Waals surface area contributed by atoms with Crippen LogP contribution in [0.15, 0.2) is 0 Å². The lowest BCUT2D eigenvalue weighted by Crippen LogP contribution is -2.00. The first-order valence-corrected chi connectivity index (χ1v) is 2.83. The van der Waals surface area contributed by atoms with Crippen molar-refractivity contribution in [2.75, 3.05) is 0 Å². The molecule has 0 heterocycles. The Balaban J connectivity index is 3.14. The van der Waals surface area contributed by atoms with Crippen molar-refractivity contribution < 1.29 is 0 Å². The molecule has 7 heavy (non-hydrogen) atoms. The Kier molecular flexibility index (Phi) is 3.06. The minimum atomic E-state index is 0.567. The molecule has 0 saturated heterocycles. The van der Waals surface area contributed by atoms with E-state index in [1.54, 1.807) is 0 Å². The summed E-state index contributed by atoms with van der Waals surface area (Å²) >= 11 is 0. The van der Waals surface area contributed by atoms with Crippen molar-refractivity contribution in [3.8, 4) is 0 Å². The van der Waals surface area contributed by atoms with Crippen LogP contribution in [0.3, 0.4) is 0 Å². The van der Waals surface area contributed by atoms with Crippen molar-refractivity contribution in [2.24, 2.45) is 11.8 Å². The molecule has 0 aliphatic heterocycles. The largest absolute Gasteiger partial charge is 0.0625 e. The molecule has 0 nitrogen and oxygen atoms in total. The van der Waals surface area contributed by atoms with Crippen LogP contribution in [0.2, 0.25) is 0 Å². The summed E-state index contributed by atoms with van der Waals surface area (Å²) in [6.45, 7) is 13.4. The summed E-state index contributed by atoms with van der Waals surface area (Å²) < 4.78 is 0. The van der Waals surface area contributed by atoms with E-state index in [2.05, 4.69) is 20.8 Å². The highest BCUT2D eigenvalue weighted by Gasteiger charge is 2.01. The third-order valence-corrected chi connectivity index (χ3v) is 1.46. The smallest absolute Gasteiger partial charge is 0.00907 e. The van der Waals surface area contributed by atoms with E-state index in [0.717, 1.165) is 0 Å². The maximum atomic E-state index is 6.94. The Hall–Kier alpha value is 0. The normalized spacial score (nSPS) is 15.0. The van der Waals surface area contributed by atoms with E-state index < -0.39 is 0 Å². The molecule has 1 unspecified atom stereocenters. The van der Waals surface area contributed by atoms with Crippen LogP contribution in [-0.4, -0.2) is 0 Å². The summed E-state index contributed by atoms with van der Waals surface area (Å²) in [5.41, 5.74) is 0. The maximum Gasteiger partial charge on any atom is -0.00907 e. The minimum Gasteiger partial charge on any atom is -0.0625 e. The van der Waals surface area contributed by atoms with Gasteiger partial charge < -0.3 is 0 Å². The highest BCUT2D eigenvalue weighted by Crippen LogP contribution is 2.11. The third kappa shape index (κ3) is 2.67. The lowest BCUT2D eigenvalue weighted by atomic mass is 9.96. The first-order chi connectivity index (χ1) is 3.18. The summed E-state index contributed by atoms with van der Waals surface area (Å²) in [7, 11) is 0. The molecule has 0 saturated carbocycles. The average Bonchev–Trinajstić information content (AvgIpc) is 1.65. The van der Waals surface area contributed by atoms with Crippen LogP contribution in [-0.2, 0) is 0 Å². The maximum absolute atomic E-state index is 6.94. The SMILES string of the molecule is [C]CC(C)C(C)C. The number of rotatable bonds is 2. The highest BCUT2D eigenvalue weighted by atomic mass is 14.1. The Morgan fingerprint density at radius 2 is 1.71 bits per heavy atom. The van der Waals surface area contributed by atoms with Crippen LogP contribution < -0.4 is 0 Å². The van der Waals surface area contributed by atoms with E-state index in [1.807, 2.05) is 0 Å². The van der Waals surface area contributed by atoms with Gasteiger partial charge in [-0.05, 0) is 25.2 Å². The predicted octanol–water partition coefficient (Wildman–Crippen LogP) is 2.26. The molecule has 0 amide bonds. The van der Waals surface area contributed by atoms with Gasteiger partial charge in [-0.2, -0.15) is 0 Å². The molecule has 0 heteroatoms. The second-order valence-electron chi connectivity index (χ2n) is 2.43. The summed E-state index contributed by atoms with van der Waals surface area (Å²) in [5.74, 6) is 1.25. The zero-order valence-electron chi connectivity index (χ0n) is 5.36. The quantitative estimate of drug-likeness (QED) is 0.495. The van der Waals surface area contributed by atoms with Crippen LogP contribution in [0.5, 0.6) is 0 Å². The first-order valence-electron chi connectivity index (χ1n) is 2.83. The van der Waals surface area contributed by atoms with Crippen LogP contribution in [0.1, 0.15) is 27.2 Å². The van der Waals surface area contributed by atoms with E-state index in [0.29, 0.717) is 18.3 Å². The lowest BCUT2D eigenvalue weighted by Gasteiger charge is -2.10. The fourth-order valence-electron chi connectivity index (χ4n) is 0.236. The zero-order chi connectivity index (χ0) is 5.86. The van der Waals surface area contributed by atoms with Crippen molar-refractivity contribution in [3.63, 3.8) is 0 Å². The molecule has 0 bridgehead atoms. The van der Waals surface area contributed by atoms with Crippen LogP contribution >= 0.6 is 0 Å². The molecule has 0 aromatic carbocycles. The minimum absolute atomic E-state index is 0.567. The highest BCUT2D eigenvalue weighted by molar-refractivity contribution is 4.56. The molecule has 0 rings (SSSR count). The van der Waals surface area contributed by atoms with Gasteiger partial charge in [0.25, 0.3) is 0 Å². The summed E-state index contributed by atoms with van der Waals surface area (Å²) in [6, 6.07) is 0.